The lowest BCUT2D eigenvalue weighted by atomic mass is 9.97. The SMILES string of the molecule is CNCCN(Cc1nnc(C(C)(C)C)o1)CC(F)(F)F. The van der Waals surface area contributed by atoms with Gasteiger partial charge in [0.05, 0.1) is 13.1 Å². The van der Waals surface area contributed by atoms with Crippen molar-refractivity contribution in [1.82, 2.24) is 20.4 Å². The Morgan fingerprint density at radius 1 is 1.20 bits per heavy atom. The van der Waals surface area contributed by atoms with Crippen LogP contribution in [0.15, 0.2) is 4.42 Å². The molecule has 116 valence electrons. The molecule has 0 spiro atoms. The molecule has 0 bridgehead atoms. The van der Waals surface area contributed by atoms with Crippen LogP contribution in [0.4, 0.5) is 13.2 Å². The molecule has 1 N–H and O–H groups in total. The summed E-state index contributed by atoms with van der Waals surface area (Å²) in [6, 6.07) is 0. The van der Waals surface area contributed by atoms with Gasteiger partial charge >= 0.3 is 6.18 Å². The number of alkyl halides is 3. The first-order chi connectivity index (χ1) is 9.12. The third-order valence-corrected chi connectivity index (χ3v) is 2.55. The molecule has 0 saturated carbocycles. The number of nitrogens with zero attached hydrogens (tertiary/aromatic N) is 3. The zero-order valence-corrected chi connectivity index (χ0v) is 12.2. The third-order valence-electron chi connectivity index (χ3n) is 2.55. The number of rotatable bonds is 6. The average molecular weight is 294 g/mol. The van der Waals surface area contributed by atoms with Crippen LogP contribution in [0.5, 0.6) is 0 Å². The van der Waals surface area contributed by atoms with Gasteiger partial charge < -0.3 is 9.73 Å². The van der Waals surface area contributed by atoms with Crippen molar-refractivity contribution in [2.24, 2.45) is 0 Å². The number of hydrogen-bond donors (Lipinski definition) is 1. The molecule has 0 saturated heterocycles. The van der Waals surface area contributed by atoms with Gasteiger partial charge in [-0.1, -0.05) is 20.8 Å². The van der Waals surface area contributed by atoms with E-state index < -0.39 is 12.7 Å². The predicted molar refractivity (Wildman–Crippen MR) is 68.3 cm³/mol. The largest absolute Gasteiger partial charge is 0.423 e. The molecular weight excluding hydrogens is 273 g/mol. The van der Waals surface area contributed by atoms with E-state index in [-0.39, 0.29) is 24.4 Å². The number of halogens is 3. The van der Waals surface area contributed by atoms with Crippen molar-refractivity contribution in [3.05, 3.63) is 11.8 Å². The van der Waals surface area contributed by atoms with Crippen LogP contribution in [0, 0.1) is 0 Å². The van der Waals surface area contributed by atoms with Crippen LogP contribution in [-0.4, -0.2) is 48.0 Å². The zero-order chi connectivity index (χ0) is 15.4. The Morgan fingerprint density at radius 2 is 1.85 bits per heavy atom. The van der Waals surface area contributed by atoms with Gasteiger partial charge in [-0.05, 0) is 7.05 Å². The Hall–Kier alpha value is -1.15. The lowest BCUT2D eigenvalue weighted by molar-refractivity contribution is -0.147. The van der Waals surface area contributed by atoms with E-state index in [0.29, 0.717) is 12.4 Å². The molecule has 0 aromatic carbocycles. The molecule has 0 aliphatic rings. The van der Waals surface area contributed by atoms with Gasteiger partial charge in [-0.15, -0.1) is 10.2 Å². The molecule has 0 atom stereocenters. The highest BCUT2D eigenvalue weighted by Gasteiger charge is 2.31. The monoisotopic (exact) mass is 294 g/mol. The molecule has 0 aliphatic heterocycles. The summed E-state index contributed by atoms with van der Waals surface area (Å²) in [6.07, 6.45) is -4.25. The van der Waals surface area contributed by atoms with Crippen molar-refractivity contribution in [2.45, 2.75) is 38.9 Å². The fraction of sp³-hybridized carbons (Fsp3) is 0.833. The van der Waals surface area contributed by atoms with Gasteiger partial charge in [-0.3, -0.25) is 4.90 Å². The van der Waals surface area contributed by atoms with Gasteiger partial charge in [0.2, 0.25) is 11.8 Å². The Morgan fingerprint density at radius 3 is 2.30 bits per heavy atom. The third kappa shape index (κ3) is 5.87. The average Bonchev–Trinajstić information content (AvgIpc) is 2.72. The summed E-state index contributed by atoms with van der Waals surface area (Å²) >= 11 is 0. The Labute approximate surface area is 116 Å². The number of nitrogens with one attached hydrogen (secondary N) is 1. The summed E-state index contributed by atoms with van der Waals surface area (Å²) in [7, 11) is 1.69. The van der Waals surface area contributed by atoms with Crippen LogP contribution < -0.4 is 5.32 Å². The molecule has 5 nitrogen and oxygen atoms in total. The smallest absolute Gasteiger partial charge is 0.401 e. The van der Waals surface area contributed by atoms with Crippen molar-refractivity contribution >= 4 is 0 Å². The van der Waals surface area contributed by atoms with Gasteiger partial charge in [-0.25, -0.2) is 0 Å². The minimum Gasteiger partial charge on any atom is -0.423 e. The van der Waals surface area contributed by atoms with E-state index in [1.165, 1.54) is 4.90 Å². The molecule has 0 fully saturated rings. The molecule has 0 aliphatic carbocycles. The van der Waals surface area contributed by atoms with E-state index in [2.05, 4.69) is 15.5 Å². The molecule has 8 heteroatoms. The lowest BCUT2D eigenvalue weighted by Gasteiger charge is -2.21. The predicted octanol–water partition coefficient (Wildman–Crippen LogP) is 1.95. The van der Waals surface area contributed by atoms with Crippen LogP contribution in [0.1, 0.15) is 32.6 Å². The standard InChI is InChI=1S/C12H21F3N4O/c1-11(2,3)10-18-17-9(20-10)7-19(6-5-16-4)8-12(13,14)15/h16H,5-8H2,1-4H3. The molecule has 0 radical (unpaired) electrons. The summed E-state index contributed by atoms with van der Waals surface area (Å²) < 4.78 is 42.9. The van der Waals surface area contributed by atoms with Crippen molar-refractivity contribution in [3.63, 3.8) is 0 Å². The van der Waals surface area contributed by atoms with Gasteiger partial charge in [0.15, 0.2) is 0 Å². The Kier molecular flexibility index (Phi) is 5.52. The van der Waals surface area contributed by atoms with Crippen molar-refractivity contribution in [1.29, 1.82) is 0 Å². The van der Waals surface area contributed by atoms with E-state index in [0.717, 1.165) is 0 Å². The summed E-state index contributed by atoms with van der Waals surface area (Å²) in [5, 5.41) is 10.5. The van der Waals surface area contributed by atoms with Gasteiger partial charge in [0.25, 0.3) is 0 Å². The molecule has 0 amide bonds. The van der Waals surface area contributed by atoms with Gasteiger partial charge in [0.1, 0.15) is 0 Å². The van der Waals surface area contributed by atoms with E-state index in [4.69, 9.17) is 4.42 Å². The highest BCUT2D eigenvalue weighted by Crippen LogP contribution is 2.22. The maximum atomic E-state index is 12.5. The first-order valence-corrected chi connectivity index (χ1v) is 6.38. The highest BCUT2D eigenvalue weighted by atomic mass is 19.4. The number of hydrogen-bond acceptors (Lipinski definition) is 5. The molecule has 1 heterocycles. The van der Waals surface area contributed by atoms with E-state index in [9.17, 15) is 13.2 Å². The van der Waals surface area contributed by atoms with Crippen LogP contribution in [0.2, 0.25) is 0 Å². The fourth-order valence-electron chi connectivity index (χ4n) is 1.55. The van der Waals surface area contributed by atoms with E-state index in [1.54, 1.807) is 7.05 Å². The second-order valence-electron chi connectivity index (χ2n) is 5.68. The molecule has 1 rings (SSSR count). The first-order valence-electron chi connectivity index (χ1n) is 6.38. The minimum absolute atomic E-state index is 0.00965. The second kappa shape index (κ2) is 6.53. The summed E-state index contributed by atoms with van der Waals surface area (Å²) in [4.78, 5) is 1.23. The van der Waals surface area contributed by atoms with Crippen molar-refractivity contribution in [2.75, 3.05) is 26.7 Å². The number of likely N-dealkylation sites (N-methyl/N-ethyl adjacent to an activating group) is 1. The molecule has 1 aromatic heterocycles. The first kappa shape index (κ1) is 16.9. The van der Waals surface area contributed by atoms with Crippen LogP contribution in [0.25, 0.3) is 0 Å². The van der Waals surface area contributed by atoms with Gasteiger partial charge in [-0.2, -0.15) is 13.2 Å². The fourth-order valence-corrected chi connectivity index (χ4v) is 1.55. The lowest BCUT2D eigenvalue weighted by Crippen LogP contribution is -2.37. The normalized spacial score (nSPS) is 13.2. The van der Waals surface area contributed by atoms with Crippen LogP contribution >= 0.6 is 0 Å². The van der Waals surface area contributed by atoms with Crippen LogP contribution in [-0.2, 0) is 12.0 Å². The topological polar surface area (TPSA) is 54.2 Å². The molecule has 1 aromatic rings. The number of aromatic nitrogens is 2. The minimum atomic E-state index is -4.25. The Bertz CT molecular complexity index is 412. The Balaban J connectivity index is 2.71. The maximum absolute atomic E-state index is 12.5. The second-order valence-corrected chi connectivity index (χ2v) is 5.68. The zero-order valence-electron chi connectivity index (χ0n) is 12.2. The molecule has 0 unspecified atom stereocenters. The summed E-state index contributed by atoms with van der Waals surface area (Å²) in [5.41, 5.74) is -0.314. The quantitative estimate of drug-likeness (QED) is 0.869. The highest BCUT2D eigenvalue weighted by molar-refractivity contribution is 4.96. The van der Waals surface area contributed by atoms with E-state index in [1.807, 2.05) is 20.8 Å². The summed E-state index contributed by atoms with van der Waals surface area (Å²) in [6.45, 7) is 5.40. The molecule has 20 heavy (non-hydrogen) atoms. The van der Waals surface area contributed by atoms with Gasteiger partial charge in [0, 0.05) is 18.5 Å². The summed E-state index contributed by atoms with van der Waals surface area (Å²) in [5.74, 6) is 0.628. The van der Waals surface area contributed by atoms with Crippen LogP contribution in [0.3, 0.4) is 0 Å². The van der Waals surface area contributed by atoms with Crippen molar-refractivity contribution < 1.29 is 17.6 Å². The maximum Gasteiger partial charge on any atom is 0.401 e. The van der Waals surface area contributed by atoms with E-state index >= 15 is 0 Å². The van der Waals surface area contributed by atoms with Crippen molar-refractivity contribution in [3.8, 4) is 0 Å². The molecular formula is C12H21F3N4O.